The molecular formula is C18H15F3N2O4. The second-order valence-corrected chi connectivity index (χ2v) is 6.25. The Hall–Kier alpha value is -2.68. The van der Waals surface area contributed by atoms with E-state index in [1.165, 1.54) is 19.2 Å². The van der Waals surface area contributed by atoms with Gasteiger partial charge < -0.3 is 4.74 Å². The first kappa shape index (κ1) is 19.1. The van der Waals surface area contributed by atoms with Gasteiger partial charge in [0.05, 0.1) is 17.9 Å². The molecule has 3 rings (SSSR count). The normalized spacial score (nSPS) is 16.1. The van der Waals surface area contributed by atoms with Crippen molar-refractivity contribution in [3.8, 4) is 0 Å². The molecule has 0 aromatic carbocycles. The van der Waals surface area contributed by atoms with Gasteiger partial charge in [0.1, 0.15) is 5.92 Å². The molecule has 0 bridgehead atoms. The Morgan fingerprint density at radius 3 is 2.44 bits per heavy atom. The number of methoxy groups -OCH3 is 1. The van der Waals surface area contributed by atoms with Crippen LogP contribution in [0, 0.1) is 5.92 Å². The Kier molecular flexibility index (Phi) is 5.05. The first-order valence-corrected chi connectivity index (χ1v) is 8.19. The molecule has 1 saturated carbocycles. The number of ether oxygens (including phenoxy) is 1. The van der Waals surface area contributed by atoms with Crippen molar-refractivity contribution in [3.63, 3.8) is 0 Å². The lowest BCUT2D eigenvalue weighted by Crippen LogP contribution is -2.36. The fraction of sp³-hybridized carbons (Fsp3) is 0.389. The van der Waals surface area contributed by atoms with Crippen LogP contribution in [-0.2, 0) is 27.1 Å². The Morgan fingerprint density at radius 2 is 1.85 bits per heavy atom. The standard InChI is InChI=1S/C18H15F3N2O4/c1-27-8-10-6-5-9-7-11(16(18(19,20)21)23-17(9)22-10)15(26)14-12(24)3-2-4-13(14)25/h5-7,14H,2-4,8H2,1H3. The van der Waals surface area contributed by atoms with Crippen molar-refractivity contribution in [2.24, 2.45) is 5.92 Å². The fourth-order valence-corrected chi connectivity index (χ4v) is 3.08. The first-order chi connectivity index (χ1) is 12.7. The van der Waals surface area contributed by atoms with Crippen LogP contribution < -0.4 is 0 Å². The lowest BCUT2D eigenvalue weighted by Gasteiger charge is -2.20. The zero-order chi connectivity index (χ0) is 19.8. The Bertz CT molecular complexity index is 924. The molecule has 142 valence electrons. The first-order valence-electron chi connectivity index (χ1n) is 8.19. The highest BCUT2D eigenvalue weighted by atomic mass is 19.4. The predicted molar refractivity (Wildman–Crippen MR) is 86.9 cm³/mol. The number of Topliss-reactive ketones (excluding diaryl/α,β-unsaturated/α-hetero) is 3. The molecule has 2 heterocycles. The van der Waals surface area contributed by atoms with Crippen LogP contribution in [0.15, 0.2) is 18.2 Å². The van der Waals surface area contributed by atoms with Gasteiger partial charge in [-0.25, -0.2) is 9.97 Å². The van der Waals surface area contributed by atoms with E-state index in [1.54, 1.807) is 0 Å². The molecule has 0 atom stereocenters. The summed E-state index contributed by atoms with van der Waals surface area (Å²) < 4.78 is 45.4. The number of carbonyl (C=O) groups is 3. The number of aromatic nitrogens is 2. The maximum absolute atomic E-state index is 13.5. The molecule has 1 aliphatic rings. The van der Waals surface area contributed by atoms with Gasteiger partial charge in [0, 0.05) is 25.3 Å². The Morgan fingerprint density at radius 1 is 1.19 bits per heavy atom. The van der Waals surface area contributed by atoms with Gasteiger partial charge >= 0.3 is 6.18 Å². The maximum Gasteiger partial charge on any atom is 0.434 e. The van der Waals surface area contributed by atoms with Crippen molar-refractivity contribution in [1.82, 2.24) is 9.97 Å². The summed E-state index contributed by atoms with van der Waals surface area (Å²) in [6, 6.07) is 3.99. The van der Waals surface area contributed by atoms with E-state index in [2.05, 4.69) is 9.97 Å². The third kappa shape index (κ3) is 3.73. The second-order valence-electron chi connectivity index (χ2n) is 6.25. The van der Waals surface area contributed by atoms with Gasteiger partial charge in [0.2, 0.25) is 0 Å². The number of alkyl halides is 3. The minimum absolute atomic E-state index is 0.00750. The number of hydrogen-bond acceptors (Lipinski definition) is 6. The average Bonchev–Trinajstić information content (AvgIpc) is 2.60. The van der Waals surface area contributed by atoms with Gasteiger partial charge in [-0.2, -0.15) is 13.2 Å². The number of pyridine rings is 2. The van der Waals surface area contributed by atoms with E-state index in [0.29, 0.717) is 12.1 Å². The molecule has 1 fully saturated rings. The highest BCUT2D eigenvalue weighted by Gasteiger charge is 2.43. The summed E-state index contributed by atoms with van der Waals surface area (Å²) in [7, 11) is 1.42. The highest BCUT2D eigenvalue weighted by Crippen LogP contribution is 2.34. The highest BCUT2D eigenvalue weighted by molar-refractivity contribution is 6.25. The third-order valence-corrected chi connectivity index (χ3v) is 4.31. The molecule has 0 amide bonds. The number of halogens is 3. The van der Waals surface area contributed by atoms with Crippen molar-refractivity contribution in [3.05, 3.63) is 35.2 Å². The van der Waals surface area contributed by atoms with E-state index in [-0.39, 0.29) is 30.5 Å². The molecule has 0 saturated heterocycles. The smallest absolute Gasteiger partial charge is 0.378 e. The SMILES string of the molecule is COCc1ccc2cc(C(=O)C3C(=O)CCCC3=O)c(C(F)(F)F)nc2n1. The summed E-state index contributed by atoms with van der Waals surface area (Å²) in [5.74, 6) is -4.16. The van der Waals surface area contributed by atoms with Crippen LogP contribution in [0.5, 0.6) is 0 Å². The van der Waals surface area contributed by atoms with Gasteiger partial charge in [-0.05, 0) is 24.6 Å². The van der Waals surface area contributed by atoms with Crippen LogP contribution in [0.1, 0.15) is 41.0 Å². The zero-order valence-electron chi connectivity index (χ0n) is 14.3. The number of ketones is 3. The molecule has 9 heteroatoms. The minimum Gasteiger partial charge on any atom is -0.378 e. The molecule has 0 radical (unpaired) electrons. The van der Waals surface area contributed by atoms with Crippen LogP contribution in [0.3, 0.4) is 0 Å². The van der Waals surface area contributed by atoms with E-state index >= 15 is 0 Å². The fourth-order valence-electron chi connectivity index (χ4n) is 3.08. The largest absolute Gasteiger partial charge is 0.434 e. The van der Waals surface area contributed by atoms with Gasteiger partial charge in [0.25, 0.3) is 0 Å². The van der Waals surface area contributed by atoms with Crippen LogP contribution in [0.4, 0.5) is 13.2 Å². The second kappa shape index (κ2) is 7.15. The predicted octanol–water partition coefficient (Wildman–Crippen LogP) is 2.92. The topological polar surface area (TPSA) is 86.2 Å². The summed E-state index contributed by atoms with van der Waals surface area (Å²) in [5, 5.41) is 0.196. The van der Waals surface area contributed by atoms with Crippen molar-refractivity contribution in [2.75, 3.05) is 7.11 Å². The van der Waals surface area contributed by atoms with Gasteiger partial charge in [0.15, 0.2) is 28.7 Å². The zero-order valence-corrected chi connectivity index (χ0v) is 14.3. The number of nitrogens with zero attached hydrogens (tertiary/aromatic N) is 2. The van der Waals surface area contributed by atoms with Gasteiger partial charge in [-0.3, -0.25) is 14.4 Å². The van der Waals surface area contributed by atoms with Crippen molar-refractivity contribution >= 4 is 28.4 Å². The summed E-state index contributed by atoms with van der Waals surface area (Å²) >= 11 is 0. The van der Waals surface area contributed by atoms with Crippen LogP contribution >= 0.6 is 0 Å². The average molecular weight is 380 g/mol. The van der Waals surface area contributed by atoms with Crippen LogP contribution in [0.2, 0.25) is 0 Å². The summed E-state index contributed by atoms with van der Waals surface area (Å²) in [4.78, 5) is 44.2. The lowest BCUT2D eigenvalue weighted by atomic mass is 9.81. The molecule has 2 aromatic rings. The summed E-state index contributed by atoms with van der Waals surface area (Å²) in [5.41, 5.74) is -2.06. The third-order valence-electron chi connectivity index (χ3n) is 4.31. The monoisotopic (exact) mass is 380 g/mol. The summed E-state index contributed by atoms with van der Waals surface area (Å²) in [6.07, 6.45) is -4.66. The van der Waals surface area contributed by atoms with Gasteiger partial charge in [-0.15, -0.1) is 0 Å². The van der Waals surface area contributed by atoms with E-state index < -0.39 is 40.7 Å². The lowest BCUT2D eigenvalue weighted by molar-refractivity contribution is -0.142. The molecule has 27 heavy (non-hydrogen) atoms. The van der Waals surface area contributed by atoms with Gasteiger partial charge in [-0.1, -0.05) is 0 Å². The molecule has 0 spiro atoms. The number of rotatable bonds is 4. The maximum atomic E-state index is 13.5. The van der Waals surface area contributed by atoms with Crippen molar-refractivity contribution < 1.29 is 32.3 Å². The number of carbonyl (C=O) groups excluding carboxylic acids is 3. The minimum atomic E-state index is -4.95. The summed E-state index contributed by atoms with van der Waals surface area (Å²) in [6.45, 7) is 0.0880. The number of hydrogen-bond donors (Lipinski definition) is 0. The van der Waals surface area contributed by atoms with Crippen molar-refractivity contribution in [2.45, 2.75) is 32.0 Å². The molecule has 1 aliphatic carbocycles. The number of fused-ring (bicyclic) bond motifs is 1. The molecule has 0 N–H and O–H groups in total. The quantitative estimate of drug-likeness (QED) is 0.599. The van der Waals surface area contributed by atoms with E-state index in [0.717, 1.165) is 6.07 Å². The van der Waals surface area contributed by atoms with E-state index in [4.69, 9.17) is 4.74 Å². The van der Waals surface area contributed by atoms with Crippen LogP contribution in [-0.4, -0.2) is 34.4 Å². The molecule has 0 unspecified atom stereocenters. The Labute approximate surface area is 151 Å². The molecule has 0 aliphatic heterocycles. The molecular weight excluding hydrogens is 365 g/mol. The van der Waals surface area contributed by atoms with Crippen molar-refractivity contribution in [1.29, 1.82) is 0 Å². The van der Waals surface area contributed by atoms with Crippen LogP contribution in [0.25, 0.3) is 11.0 Å². The Balaban J connectivity index is 2.15. The van der Waals surface area contributed by atoms with E-state index in [9.17, 15) is 27.6 Å². The van der Waals surface area contributed by atoms with E-state index in [1.807, 2.05) is 0 Å². The molecule has 2 aromatic heterocycles. The molecule has 6 nitrogen and oxygen atoms in total.